The van der Waals surface area contributed by atoms with Crippen LogP contribution in [-0.4, -0.2) is 16.8 Å². The summed E-state index contributed by atoms with van der Waals surface area (Å²) in [6, 6.07) is 2.27. The first-order chi connectivity index (χ1) is 7.03. The lowest BCUT2D eigenvalue weighted by molar-refractivity contribution is 0.595. The van der Waals surface area contributed by atoms with E-state index < -0.39 is 20.0 Å². The third-order valence-electron chi connectivity index (χ3n) is 2.23. The zero-order valence-corrected chi connectivity index (χ0v) is 10.4. The number of rotatable bonds is 2. The van der Waals surface area contributed by atoms with Crippen molar-refractivity contribution in [2.24, 2.45) is 10.3 Å². The zero-order chi connectivity index (χ0) is 12.7. The van der Waals surface area contributed by atoms with Crippen molar-refractivity contribution < 1.29 is 16.8 Å². The van der Waals surface area contributed by atoms with Gasteiger partial charge in [-0.25, -0.2) is 27.1 Å². The summed E-state index contributed by atoms with van der Waals surface area (Å²) >= 11 is 0. The Bertz CT molecular complexity index is 632. The molecule has 1 aromatic carbocycles. The summed E-state index contributed by atoms with van der Waals surface area (Å²) in [6.45, 7) is 3.13. The fourth-order valence-corrected chi connectivity index (χ4v) is 2.83. The molecule has 6 nitrogen and oxygen atoms in total. The molecule has 0 spiro atoms. The monoisotopic (exact) mass is 264 g/mol. The molecule has 1 aromatic rings. The molecular formula is C8H12N2O4S2. The van der Waals surface area contributed by atoms with Crippen LogP contribution in [0.1, 0.15) is 11.1 Å². The lowest BCUT2D eigenvalue weighted by Crippen LogP contribution is -2.17. The van der Waals surface area contributed by atoms with E-state index in [1.54, 1.807) is 13.8 Å². The van der Waals surface area contributed by atoms with Gasteiger partial charge in [0.25, 0.3) is 0 Å². The average molecular weight is 264 g/mol. The van der Waals surface area contributed by atoms with E-state index in [0.29, 0.717) is 11.1 Å². The van der Waals surface area contributed by atoms with Crippen LogP contribution < -0.4 is 10.3 Å². The van der Waals surface area contributed by atoms with Crippen molar-refractivity contribution in [1.29, 1.82) is 0 Å². The molecule has 16 heavy (non-hydrogen) atoms. The van der Waals surface area contributed by atoms with Crippen molar-refractivity contribution in [3.05, 3.63) is 23.3 Å². The SMILES string of the molecule is Cc1cc(S(N)(=O)=O)cc(S(N)(=O)=O)c1C. The summed E-state index contributed by atoms with van der Waals surface area (Å²) in [5.41, 5.74) is 0.908. The molecule has 0 aliphatic rings. The molecule has 0 radical (unpaired) electrons. The van der Waals surface area contributed by atoms with Gasteiger partial charge < -0.3 is 0 Å². The third-order valence-corrected chi connectivity index (χ3v) is 4.16. The largest absolute Gasteiger partial charge is 0.238 e. The number of primary sulfonamides is 2. The molecule has 0 aliphatic carbocycles. The predicted molar refractivity (Wildman–Crippen MR) is 58.7 cm³/mol. The minimum absolute atomic E-state index is 0.225. The van der Waals surface area contributed by atoms with Crippen LogP contribution in [0.15, 0.2) is 21.9 Å². The minimum atomic E-state index is -3.96. The van der Waals surface area contributed by atoms with Gasteiger partial charge in [-0.3, -0.25) is 0 Å². The molecule has 0 saturated carbocycles. The van der Waals surface area contributed by atoms with E-state index in [1.807, 2.05) is 0 Å². The Morgan fingerprint density at radius 3 is 1.81 bits per heavy atom. The molecule has 8 heteroatoms. The summed E-state index contributed by atoms with van der Waals surface area (Å²) in [5, 5.41) is 9.90. The fourth-order valence-electron chi connectivity index (χ4n) is 1.25. The number of sulfonamides is 2. The molecular weight excluding hydrogens is 252 g/mol. The van der Waals surface area contributed by atoms with Crippen LogP contribution in [0.2, 0.25) is 0 Å². The third kappa shape index (κ3) is 2.59. The number of hydrogen-bond acceptors (Lipinski definition) is 4. The van der Waals surface area contributed by atoms with Crippen LogP contribution >= 0.6 is 0 Å². The summed E-state index contributed by atoms with van der Waals surface area (Å²) < 4.78 is 44.7. The summed E-state index contributed by atoms with van der Waals surface area (Å²) in [5.74, 6) is 0. The second-order valence-electron chi connectivity index (χ2n) is 3.45. The first-order valence-corrected chi connectivity index (χ1v) is 7.29. The Morgan fingerprint density at radius 2 is 1.44 bits per heavy atom. The molecule has 0 atom stereocenters. The predicted octanol–water partition coefficient (Wildman–Crippen LogP) is -0.402. The lowest BCUT2D eigenvalue weighted by atomic mass is 10.1. The van der Waals surface area contributed by atoms with Gasteiger partial charge in [-0.1, -0.05) is 0 Å². The molecule has 0 saturated heterocycles. The van der Waals surface area contributed by atoms with Crippen LogP contribution in [0.5, 0.6) is 0 Å². The average Bonchev–Trinajstić information content (AvgIpc) is 2.05. The van der Waals surface area contributed by atoms with Crippen molar-refractivity contribution in [3.63, 3.8) is 0 Å². The molecule has 90 valence electrons. The fraction of sp³-hybridized carbons (Fsp3) is 0.250. The molecule has 0 unspecified atom stereocenters. The molecule has 0 heterocycles. The summed E-state index contributed by atoms with van der Waals surface area (Å²) in [7, 11) is -7.90. The Labute approximate surface area is 94.4 Å². The standard InChI is InChI=1S/C8H12N2O4S2/c1-5-3-7(15(9,11)12)4-8(6(5)2)16(10,13)14/h3-4H,1-2H3,(H2,9,11,12)(H2,10,13,14). The van der Waals surface area contributed by atoms with E-state index >= 15 is 0 Å². The normalized spacial score (nSPS) is 12.8. The van der Waals surface area contributed by atoms with Crippen molar-refractivity contribution in [2.75, 3.05) is 0 Å². The van der Waals surface area contributed by atoms with E-state index in [2.05, 4.69) is 0 Å². The maximum Gasteiger partial charge on any atom is 0.238 e. The number of benzene rings is 1. The highest BCUT2D eigenvalue weighted by Gasteiger charge is 2.18. The zero-order valence-electron chi connectivity index (χ0n) is 8.76. The van der Waals surface area contributed by atoms with Crippen LogP contribution in [0.25, 0.3) is 0 Å². The van der Waals surface area contributed by atoms with Gasteiger partial charge in [-0.2, -0.15) is 0 Å². The molecule has 0 amide bonds. The number of aryl methyl sites for hydroxylation is 1. The van der Waals surface area contributed by atoms with Gasteiger partial charge in [0.1, 0.15) is 0 Å². The number of nitrogens with two attached hydrogens (primary N) is 2. The van der Waals surface area contributed by atoms with Crippen LogP contribution in [-0.2, 0) is 20.0 Å². The van der Waals surface area contributed by atoms with Crippen LogP contribution in [0.3, 0.4) is 0 Å². The highest BCUT2D eigenvalue weighted by atomic mass is 32.2. The van der Waals surface area contributed by atoms with E-state index in [-0.39, 0.29) is 9.79 Å². The van der Waals surface area contributed by atoms with E-state index in [0.717, 1.165) is 6.07 Å². The number of hydrogen-bond donors (Lipinski definition) is 2. The van der Waals surface area contributed by atoms with Gasteiger partial charge in [0.05, 0.1) is 9.79 Å². The topological polar surface area (TPSA) is 120 Å². The van der Waals surface area contributed by atoms with Gasteiger partial charge in [-0.15, -0.1) is 0 Å². The van der Waals surface area contributed by atoms with Crippen molar-refractivity contribution in [3.8, 4) is 0 Å². The highest BCUT2D eigenvalue weighted by Crippen LogP contribution is 2.21. The maximum atomic E-state index is 11.2. The Balaban J connectivity index is 3.72. The first-order valence-electron chi connectivity index (χ1n) is 4.20. The van der Waals surface area contributed by atoms with E-state index in [1.165, 1.54) is 6.07 Å². The molecule has 1 rings (SSSR count). The van der Waals surface area contributed by atoms with Gasteiger partial charge in [0.15, 0.2) is 0 Å². The first kappa shape index (κ1) is 13.1. The van der Waals surface area contributed by atoms with Gasteiger partial charge in [0.2, 0.25) is 20.0 Å². The lowest BCUT2D eigenvalue weighted by Gasteiger charge is -2.09. The van der Waals surface area contributed by atoms with Crippen molar-refractivity contribution in [1.82, 2.24) is 0 Å². The molecule has 0 bridgehead atoms. The van der Waals surface area contributed by atoms with Gasteiger partial charge in [0, 0.05) is 0 Å². The minimum Gasteiger partial charge on any atom is -0.225 e. The Kier molecular flexibility index (Phi) is 3.12. The Morgan fingerprint density at radius 1 is 0.938 bits per heavy atom. The van der Waals surface area contributed by atoms with Gasteiger partial charge in [-0.05, 0) is 37.1 Å². The maximum absolute atomic E-state index is 11.2. The summed E-state index contributed by atoms with van der Waals surface area (Å²) in [6.07, 6.45) is 0. The quantitative estimate of drug-likeness (QED) is 0.754. The van der Waals surface area contributed by atoms with Crippen LogP contribution in [0.4, 0.5) is 0 Å². The second kappa shape index (κ2) is 3.81. The second-order valence-corrected chi connectivity index (χ2v) is 6.54. The highest BCUT2D eigenvalue weighted by molar-refractivity contribution is 7.90. The molecule has 4 N–H and O–H groups in total. The van der Waals surface area contributed by atoms with Gasteiger partial charge >= 0.3 is 0 Å². The molecule has 0 fully saturated rings. The molecule has 0 aromatic heterocycles. The smallest absolute Gasteiger partial charge is 0.225 e. The van der Waals surface area contributed by atoms with Crippen LogP contribution in [0, 0.1) is 13.8 Å². The van der Waals surface area contributed by atoms with Crippen molar-refractivity contribution >= 4 is 20.0 Å². The van der Waals surface area contributed by atoms with E-state index in [4.69, 9.17) is 10.3 Å². The van der Waals surface area contributed by atoms with E-state index in [9.17, 15) is 16.8 Å². The Hall–Kier alpha value is -0.960. The molecule has 0 aliphatic heterocycles. The van der Waals surface area contributed by atoms with Crippen molar-refractivity contribution in [2.45, 2.75) is 23.6 Å². The summed E-state index contributed by atoms with van der Waals surface area (Å²) in [4.78, 5) is -0.490.